The molecule has 1 aromatic carbocycles. The first-order valence-corrected chi connectivity index (χ1v) is 12.0. The molecule has 3 aromatic heterocycles. The number of aromatic nitrogens is 3. The molecule has 4 heterocycles. The van der Waals surface area contributed by atoms with Crippen molar-refractivity contribution >= 4 is 37.5 Å². The van der Waals surface area contributed by atoms with Crippen LogP contribution in [0.5, 0.6) is 0 Å². The van der Waals surface area contributed by atoms with E-state index >= 15 is 0 Å². The predicted octanol–water partition coefficient (Wildman–Crippen LogP) is 4.05. The fourth-order valence-electron chi connectivity index (χ4n) is 4.30. The topological polar surface area (TPSA) is 60.1 Å². The molecule has 6 nitrogen and oxygen atoms in total. The molecule has 0 fully saturated rings. The highest BCUT2D eigenvalue weighted by atomic mass is 32.2. The van der Waals surface area contributed by atoms with E-state index in [1.165, 1.54) is 9.55 Å². The molecule has 0 radical (unpaired) electrons. The van der Waals surface area contributed by atoms with Crippen LogP contribution in [0.2, 0.25) is 0 Å². The summed E-state index contributed by atoms with van der Waals surface area (Å²) in [6.07, 6.45) is 7.53. The van der Waals surface area contributed by atoms with Gasteiger partial charge in [0.15, 0.2) is 5.65 Å². The van der Waals surface area contributed by atoms with E-state index in [-0.39, 0.29) is 4.90 Å². The molecule has 7 heteroatoms. The van der Waals surface area contributed by atoms with E-state index in [1.54, 1.807) is 18.3 Å². The zero-order valence-corrected chi connectivity index (χ0v) is 18.9. The maximum Gasteiger partial charge on any atom is 0.269 e. The molecule has 0 atom stereocenters. The number of rotatable bonds is 4. The fourth-order valence-corrected chi connectivity index (χ4v) is 5.65. The molecule has 0 saturated carbocycles. The average molecular weight is 435 g/mol. The normalized spacial score (nSPS) is 15.6. The first kappa shape index (κ1) is 20.0. The predicted molar refractivity (Wildman–Crippen MR) is 125 cm³/mol. The van der Waals surface area contributed by atoms with E-state index in [4.69, 9.17) is 4.98 Å². The number of fused-ring (bicyclic) bond motifs is 2. The molecular weight excluding hydrogens is 408 g/mol. The lowest BCUT2D eigenvalue weighted by molar-refractivity contribution is 0.370. The Morgan fingerprint density at radius 2 is 1.94 bits per heavy atom. The van der Waals surface area contributed by atoms with Gasteiger partial charge in [-0.25, -0.2) is 17.4 Å². The van der Waals surface area contributed by atoms with Gasteiger partial charge in [-0.15, -0.1) is 0 Å². The van der Waals surface area contributed by atoms with E-state index in [2.05, 4.69) is 18.0 Å². The van der Waals surface area contributed by atoms with Crippen LogP contribution < -0.4 is 0 Å². The van der Waals surface area contributed by atoms with E-state index < -0.39 is 10.0 Å². The lowest BCUT2D eigenvalue weighted by atomic mass is 10.00. The molecular formula is C24H26N4O2S. The van der Waals surface area contributed by atoms with Crippen LogP contribution in [0.25, 0.3) is 27.5 Å². The van der Waals surface area contributed by atoms with Crippen molar-refractivity contribution in [3.05, 3.63) is 66.1 Å². The van der Waals surface area contributed by atoms with Crippen LogP contribution in [0.15, 0.2) is 59.8 Å². The number of likely N-dealkylation sites (N-methyl/N-ethyl adjacent to an activating group) is 1. The second kappa shape index (κ2) is 7.35. The molecule has 1 aliphatic heterocycles. The third-order valence-corrected chi connectivity index (χ3v) is 7.86. The lowest BCUT2D eigenvalue weighted by Crippen LogP contribution is -2.23. The Morgan fingerprint density at radius 1 is 1.10 bits per heavy atom. The van der Waals surface area contributed by atoms with Crippen molar-refractivity contribution in [1.29, 1.82) is 0 Å². The van der Waals surface area contributed by atoms with Gasteiger partial charge in [0.25, 0.3) is 10.0 Å². The van der Waals surface area contributed by atoms with Crippen molar-refractivity contribution in [2.75, 3.05) is 20.1 Å². The smallest absolute Gasteiger partial charge is 0.269 e. The highest BCUT2D eigenvalue weighted by Crippen LogP contribution is 2.33. The number of hydrogen-bond donors (Lipinski definition) is 0. The monoisotopic (exact) mass is 434 g/mol. The Bertz CT molecular complexity index is 1440. The molecule has 160 valence electrons. The minimum Gasteiger partial charge on any atom is -0.351 e. The number of aryl methyl sites for hydroxylation is 2. The second-order valence-corrected chi connectivity index (χ2v) is 10.1. The van der Waals surface area contributed by atoms with Gasteiger partial charge in [-0.2, -0.15) is 0 Å². The third kappa shape index (κ3) is 3.28. The summed E-state index contributed by atoms with van der Waals surface area (Å²) in [6.45, 7) is 3.84. The summed E-state index contributed by atoms with van der Waals surface area (Å²) in [6, 6.07) is 11.2. The van der Waals surface area contributed by atoms with Crippen LogP contribution in [0, 0.1) is 0 Å². The Morgan fingerprint density at radius 3 is 2.68 bits per heavy atom. The number of benzene rings is 1. The number of hydrogen-bond acceptors (Lipinski definition) is 4. The Labute approximate surface area is 182 Å². The largest absolute Gasteiger partial charge is 0.351 e. The highest BCUT2D eigenvalue weighted by molar-refractivity contribution is 7.90. The van der Waals surface area contributed by atoms with Gasteiger partial charge in [-0.3, -0.25) is 0 Å². The molecule has 0 unspecified atom stereocenters. The SMILES string of the molecule is CCc1ccc2c(C3=CCN(C)CC3)cn(S(=O)(=O)c3ccc4c(ccn4C)c3)c2n1. The number of pyridine rings is 1. The molecule has 0 saturated heterocycles. The van der Waals surface area contributed by atoms with E-state index in [0.29, 0.717) is 5.65 Å². The van der Waals surface area contributed by atoms with Gasteiger partial charge in [-0.05, 0) is 61.9 Å². The first-order valence-electron chi connectivity index (χ1n) is 10.6. The van der Waals surface area contributed by atoms with Crippen LogP contribution in [-0.4, -0.2) is 47.0 Å². The molecule has 31 heavy (non-hydrogen) atoms. The molecule has 0 amide bonds. The van der Waals surface area contributed by atoms with Crippen molar-refractivity contribution < 1.29 is 8.42 Å². The molecule has 0 aliphatic carbocycles. The van der Waals surface area contributed by atoms with E-state index in [0.717, 1.165) is 53.5 Å². The first-order chi connectivity index (χ1) is 14.9. The molecule has 0 bridgehead atoms. The van der Waals surface area contributed by atoms with Crippen molar-refractivity contribution in [3.8, 4) is 0 Å². The van der Waals surface area contributed by atoms with Crippen molar-refractivity contribution in [2.24, 2.45) is 7.05 Å². The van der Waals surface area contributed by atoms with E-state index in [9.17, 15) is 8.42 Å². The average Bonchev–Trinajstić information content (AvgIpc) is 3.35. The van der Waals surface area contributed by atoms with E-state index in [1.807, 2.05) is 49.0 Å². The fraction of sp³-hybridized carbons (Fsp3) is 0.292. The molecule has 4 aromatic rings. The van der Waals surface area contributed by atoms with Crippen LogP contribution in [0.3, 0.4) is 0 Å². The summed E-state index contributed by atoms with van der Waals surface area (Å²) in [5.74, 6) is 0. The van der Waals surface area contributed by atoms with Crippen molar-refractivity contribution in [1.82, 2.24) is 18.4 Å². The maximum atomic E-state index is 13.7. The van der Waals surface area contributed by atoms with Gasteiger partial charge < -0.3 is 9.47 Å². The lowest BCUT2D eigenvalue weighted by Gasteiger charge is -2.21. The van der Waals surface area contributed by atoms with Gasteiger partial charge in [0.05, 0.1) is 4.90 Å². The summed E-state index contributed by atoms with van der Waals surface area (Å²) in [7, 11) is 0.251. The summed E-state index contributed by atoms with van der Waals surface area (Å²) >= 11 is 0. The zero-order valence-electron chi connectivity index (χ0n) is 18.0. The molecule has 1 aliphatic rings. The van der Waals surface area contributed by atoms with Crippen LogP contribution in [0.1, 0.15) is 24.6 Å². The zero-order chi connectivity index (χ0) is 21.8. The Hall–Kier alpha value is -2.90. The van der Waals surface area contributed by atoms with Gasteiger partial charge in [0, 0.05) is 60.1 Å². The molecule has 5 rings (SSSR count). The minimum absolute atomic E-state index is 0.274. The van der Waals surface area contributed by atoms with Crippen LogP contribution in [0.4, 0.5) is 0 Å². The third-order valence-electron chi connectivity index (χ3n) is 6.21. The molecule has 0 spiro atoms. The Balaban J connectivity index is 1.72. The quantitative estimate of drug-likeness (QED) is 0.486. The minimum atomic E-state index is -3.79. The van der Waals surface area contributed by atoms with Gasteiger partial charge in [0.1, 0.15) is 0 Å². The molecule has 0 N–H and O–H groups in total. The van der Waals surface area contributed by atoms with Gasteiger partial charge in [-0.1, -0.05) is 13.0 Å². The highest BCUT2D eigenvalue weighted by Gasteiger charge is 2.25. The van der Waals surface area contributed by atoms with Crippen molar-refractivity contribution in [3.63, 3.8) is 0 Å². The van der Waals surface area contributed by atoms with Crippen LogP contribution in [-0.2, 0) is 23.5 Å². The summed E-state index contributed by atoms with van der Waals surface area (Å²) in [4.78, 5) is 7.25. The standard InChI is InChI=1S/C24H26N4O2S/c1-4-19-5-7-21-22(17-9-12-26(2)13-10-17)16-28(24(21)25-19)31(29,30)20-6-8-23-18(15-20)11-14-27(23)3/h5-9,11,14-16H,4,10,12-13H2,1-3H3. The maximum absolute atomic E-state index is 13.7. The van der Waals surface area contributed by atoms with Gasteiger partial charge >= 0.3 is 0 Å². The second-order valence-electron chi connectivity index (χ2n) is 8.26. The summed E-state index contributed by atoms with van der Waals surface area (Å²) in [5, 5.41) is 1.79. The van der Waals surface area contributed by atoms with Gasteiger partial charge in [0.2, 0.25) is 0 Å². The summed E-state index contributed by atoms with van der Waals surface area (Å²) < 4.78 is 30.8. The number of nitrogens with zero attached hydrogens (tertiary/aromatic N) is 4. The Kier molecular flexibility index (Phi) is 4.75. The van der Waals surface area contributed by atoms with Crippen molar-refractivity contribution in [2.45, 2.75) is 24.7 Å². The van der Waals surface area contributed by atoms with Crippen LogP contribution >= 0.6 is 0 Å². The summed E-state index contributed by atoms with van der Waals surface area (Å²) in [5.41, 5.74) is 4.52.